The zero-order valence-electron chi connectivity index (χ0n) is 14.8. The van der Waals surface area contributed by atoms with Gasteiger partial charge in [0.15, 0.2) is 0 Å². The quantitative estimate of drug-likeness (QED) is 0.918. The number of carbonyl (C=O) groups is 2. The van der Waals surface area contributed by atoms with Gasteiger partial charge in [0.05, 0.1) is 6.04 Å². The fourth-order valence-electron chi connectivity index (χ4n) is 2.98. The number of carbonyl (C=O) groups excluding carboxylic acids is 2. The maximum Gasteiger partial charge on any atom is 0.241 e. The molecule has 1 saturated heterocycles. The first-order valence-corrected chi connectivity index (χ1v) is 8.32. The number of likely N-dealkylation sites (tertiary alicyclic amines) is 1. The minimum Gasteiger partial charge on any atom is -0.349 e. The van der Waals surface area contributed by atoms with E-state index in [4.69, 9.17) is 0 Å². The van der Waals surface area contributed by atoms with E-state index in [2.05, 4.69) is 10.2 Å². The molecule has 2 amide bonds. The number of nitrogens with one attached hydrogen (secondary N) is 1. The van der Waals surface area contributed by atoms with Crippen molar-refractivity contribution >= 4 is 17.5 Å². The van der Waals surface area contributed by atoms with E-state index in [-0.39, 0.29) is 29.6 Å². The normalized spacial score (nSPS) is 17.4. The van der Waals surface area contributed by atoms with Crippen LogP contribution in [0.3, 0.4) is 0 Å². The molecule has 0 spiro atoms. The highest BCUT2D eigenvalue weighted by atomic mass is 19.1. The molecule has 1 atom stereocenters. The average Bonchev–Trinajstić information content (AvgIpc) is 2.56. The average molecular weight is 335 g/mol. The van der Waals surface area contributed by atoms with Crippen LogP contribution in [0.25, 0.3) is 0 Å². The topological polar surface area (TPSA) is 52.7 Å². The fourth-order valence-corrected chi connectivity index (χ4v) is 2.98. The predicted octanol–water partition coefficient (Wildman–Crippen LogP) is 2.26. The number of benzene rings is 1. The minimum absolute atomic E-state index is 0.0395. The molecule has 1 N–H and O–H groups in total. The van der Waals surface area contributed by atoms with E-state index in [1.165, 1.54) is 6.07 Å². The third-order valence-electron chi connectivity index (χ3n) is 4.69. The molecule has 0 saturated carbocycles. The molecular formula is C18H26FN3O2. The van der Waals surface area contributed by atoms with Crippen LogP contribution < -0.4 is 5.32 Å². The van der Waals surface area contributed by atoms with E-state index < -0.39 is 0 Å². The van der Waals surface area contributed by atoms with Crippen molar-refractivity contribution in [2.24, 2.45) is 5.92 Å². The third kappa shape index (κ3) is 4.32. The van der Waals surface area contributed by atoms with Crippen LogP contribution in [0.4, 0.5) is 10.1 Å². The predicted molar refractivity (Wildman–Crippen MR) is 92.2 cm³/mol. The van der Waals surface area contributed by atoms with Crippen LogP contribution in [0, 0.1) is 18.7 Å². The first-order chi connectivity index (χ1) is 11.3. The molecule has 1 aromatic rings. The molecule has 6 heteroatoms. The van der Waals surface area contributed by atoms with Crippen molar-refractivity contribution < 1.29 is 14.0 Å². The van der Waals surface area contributed by atoms with Crippen LogP contribution in [-0.2, 0) is 9.59 Å². The zero-order chi connectivity index (χ0) is 17.9. The van der Waals surface area contributed by atoms with Gasteiger partial charge in [0.1, 0.15) is 5.82 Å². The van der Waals surface area contributed by atoms with Gasteiger partial charge in [-0.2, -0.15) is 0 Å². The second-order valence-electron chi connectivity index (χ2n) is 6.67. The molecule has 0 aromatic heterocycles. The Kier molecular flexibility index (Phi) is 5.94. The van der Waals surface area contributed by atoms with Crippen molar-refractivity contribution in [1.29, 1.82) is 0 Å². The summed E-state index contributed by atoms with van der Waals surface area (Å²) in [4.78, 5) is 28.1. The van der Waals surface area contributed by atoms with Gasteiger partial charge in [-0.15, -0.1) is 0 Å². The Morgan fingerprint density at radius 3 is 2.46 bits per heavy atom. The summed E-state index contributed by atoms with van der Waals surface area (Å²) in [7, 11) is 3.54. The van der Waals surface area contributed by atoms with Gasteiger partial charge in [0.2, 0.25) is 11.8 Å². The van der Waals surface area contributed by atoms with Gasteiger partial charge in [0.25, 0.3) is 0 Å². The van der Waals surface area contributed by atoms with Crippen molar-refractivity contribution in [2.45, 2.75) is 32.7 Å². The summed E-state index contributed by atoms with van der Waals surface area (Å²) < 4.78 is 13.6. The van der Waals surface area contributed by atoms with Crippen LogP contribution >= 0.6 is 0 Å². The number of anilines is 1. The van der Waals surface area contributed by atoms with Crippen molar-refractivity contribution in [3.8, 4) is 0 Å². The van der Waals surface area contributed by atoms with Crippen LogP contribution in [0.2, 0.25) is 0 Å². The monoisotopic (exact) mass is 335 g/mol. The Hall–Kier alpha value is -1.95. The molecule has 1 aromatic carbocycles. The maximum absolute atomic E-state index is 13.6. The molecule has 5 nitrogen and oxygen atoms in total. The van der Waals surface area contributed by atoms with Crippen LogP contribution in [0.1, 0.15) is 25.3 Å². The van der Waals surface area contributed by atoms with Crippen molar-refractivity contribution in [1.82, 2.24) is 9.80 Å². The van der Waals surface area contributed by atoms with Crippen LogP contribution in [-0.4, -0.2) is 54.8 Å². The first-order valence-electron chi connectivity index (χ1n) is 8.32. The summed E-state index contributed by atoms with van der Waals surface area (Å²) in [5.74, 6) is -0.293. The molecule has 1 aliphatic rings. The second kappa shape index (κ2) is 7.75. The Morgan fingerprint density at radius 2 is 1.92 bits per heavy atom. The summed E-state index contributed by atoms with van der Waals surface area (Å²) in [6.45, 7) is 4.94. The second-order valence-corrected chi connectivity index (χ2v) is 6.67. The summed E-state index contributed by atoms with van der Waals surface area (Å²) in [6, 6.07) is 4.37. The Bertz CT molecular complexity index is 610. The number of hydrogen-bond acceptors (Lipinski definition) is 3. The van der Waals surface area contributed by atoms with Gasteiger partial charge in [-0.3, -0.25) is 14.5 Å². The number of amides is 2. The van der Waals surface area contributed by atoms with E-state index in [0.29, 0.717) is 24.3 Å². The van der Waals surface area contributed by atoms with E-state index in [0.717, 1.165) is 12.8 Å². The lowest BCUT2D eigenvalue weighted by Gasteiger charge is -2.35. The summed E-state index contributed by atoms with van der Waals surface area (Å²) in [5.41, 5.74) is 1.02. The largest absolute Gasteiger partial charge is 0.349 e. The van der Waals surface area contributed by atoms with Gasteiger partial charge in [-0.25, -0.2) is 4.39 Å². The Morgan fingerprint density at radius 1 is 1.29 bits per heavy atom. The standard InChI is InChI=1S/C18H26FN3O2/c1-12-5-6-15(11-16(12)19)20-17(23)13(2)22-9-7-14(8-10-22)18(24)21(3)4/h5-6,11,13-14H,7-10H2,1-4H3,(H,20,23)/t13-/m1/s1. The zero-order valence-corrected chi connectivity index (χ0v) is 14.8. The van der Waals surface area contributed by atoms with E-state index >= 15 is 0 Å². The minimum atomic E-state index is -0.330. The van der Waals surface area contributed by atoms with Gasteiger partial charge in [0, 0.05) is 25.7 Å². The molecule has 0 unspecified atom stereocenters. The number of hydrogen-bond donors (Lipinski definition) is 1. The maximum atomic E-state index is 13.6. The Labute approximate surface area is 142 Å². The van der Waals surface area contributed by atoms with Crippen molar-refractivity contribution in [2.75, 3.05) is 32.5 Å². The summed E-state index contributed by atoms with van der Waals surface area (Å²) in [5, 5.41) is 2.76. The van der Waals surface area contributed by atoms with Gasteiger partial charge in [-0.1, -0.05) is 6.07 Å². The van der Waals surface area contributed by atoms with Crippen LogP contribution in [0.15, 0.2) is 18.2 Å². The fraction of sp³-hybridized carbons (Fsp3) is 0.556. The first kappa shape index (κ1) is 18.4. The van der Waals surface area contributed by atoms with E-state index in [9.17, 15) is 14.0 Å². The lowest BCUT2D eigenvalue weighted by Crippen LogP contribution is -2.48. The number of aryl methyl sites for hydroxylation is 1. The third-order valence-corrected chi connectivity index (χ3v) is 4.69. The molecule has 1 heterocycles. The molecule has 1 aliphatic heterocycles. The lowest BCUT2D eigenvalue weighted by molar-refractivity contribution is -0.134. The SMILES string of the molecule is Cc1ccc(NC(=O)[C@@H](C)N2CCC(C(=O)N(C)C)CC2)cc1F. The molecule has 132 valence electrons. The molecular weight excluding hydrogens is 309 g/mol. The highest BCUT2D eigenvalue weighted by Gasteiger charge is 2.30. The Balaban J connectivity index is 1.90. The highest BCUT2D eigenvalue weighted by molar-refractivity contribution is 5.94. The van der Waals surface area contributed by atoms with Gasteiger partial charge < -0.3 is 10.2 Å². The summed E-state index contributed by atoms with van der Waals surface area (Å²) >= 11 is 0. The lowest BCUT2D eigenvalue weighted by atomic mass is 9.94. The molecule has 2 rings (SSSR count). The highest BCUT2D eigenvalue weighted by Crippen LogP contribution is 2.21. The number of piperidine rings is 1. The van der Waals surface area contributed by atoms with Gasteiger partial charge >= 0.3 is 0 Å². The number of rotatable bonds is 4. The molecule has 0 radical (unpaired) electrons. The number of halogens is 1. The smallest absolute Gasteiger partial charge is 0.241 e. The summed E-state index contributed by atoms with van der Waals surface area (Å²) in [6.07, 6.45) is 1.52. The van der Waals surface area contributed by atoms with Gasteiger partial charge in [-0.05, 0) is 57.5 Å². The molecule has 24 heavy (non-hydrogen) atoms. The van der Waals surface area contributed by atoms with Crippen LogP contribution in [0.5, 0.6) is 0 Å². The molecule has 1 fully saturated rings. The van der Waals surface area contributed by atoms with E-state index in [1.54, 1.807) is 38.1 Å². The van der Waals surface area contributed by atoms with Crippen molar-refractivity contribution in [3.05, 3.63) is 29.6 Å². The molecule has 0 bridgehead atoms. The number of nitrogens with zero attached hydrogens (tertiary/aromatic N) is 2. The van der Waals surface area contributed by atoms with Crippen molar-refractivity contribution in [3.63, 3.8) is 0 Å². The van der Waals surface area contributed by atoms with E-state index in [1.807, 2.05) is 6.92 Å². The molecule has 0 aliphatic carbocycles.